The van der Waals surface area contributed by atoms with Crippen LogP contribution in [0.5, 0.6) is 0 Å². The molecule has 2 N–H and O–H groups in total. The Hall–Kier alpha value is -1.63. The van der Waals surface area contributed by atoms with Gasteiger partial charge in [0.05, 0.1) is 19.2 Å². The van der Waals surface area contributed by atoms with Crippen molar-refractivity contribution in [2.24, 2.45) is 0 Å². The first-order valence-corrected chi connectivity index (χ1v) is 7.11. The number of benzene rings is 1. The topological polar surface area (TPSA) is 72.2 Å². The van der Waals surface area contributed by atoms with Gasteiger partial charge in [-0.2, -0.15) is 0 Å². The van der Waals surface area contributed by atoms with Crippen molar-refractivity contribution >= 4 is 17.6 Å². The molecule has 1 unspecified atom stereocenters. The van der Waals surface area contributed by atoms with Crippen LogP contribution < -0.4 is 10.6 Å². The van der Waals surface area contributed by atoms with Gasteiger partial charge in [-0.25, -0.2) is 0 Å². The fourth-order valence-corrected chi connectivity index (χ4v) is 2.00. The van der Waals surface area contributed by atoms with E-state index in [-0.39, 0.29) is 6.04 Å². The number of anilines is 1. The molecule has 1 atom stereocenters. The summed E-state index contributed by atoms with van der Waals surface area (Å²) in [6.07, 6.45) is 0. The van der Waals surface area contributed by atoms with Crippen molar-refractivity contribution in [3.05, 3.63) is 40.7 Å². The van der Waals surface area contributed by atoms with Crippen LogP contribution >= 0.6 is 11.6 Å². The highest BCUT2D eigenvalue weighted by molar-refractivity contribution is 6.30. The van der Waals surface area contributed by atoms with Crippen LogP contribution in [0.1, 0.15) is 24.4 Å². The standard InChI is InChI=1S/C14H19ClN4O2/c1-10(11-4-3-5-12(15)8-11)17-14-19-18-13(21-14)9-16-6-7-20-2/h3-5,8,10,16H,6-7,9H2,1-2H3,(H,17,19). The van der Waals surface area contributed by atoms with E-state index < -0.39 is 0 Å². The lowest BCUT2D eigenvalue weighted by Crippen LogP contribution is -2.18. The molecule has 114 valence electrons. The van der Waals surface area contributed by atoms with E-state index in [0.29, 0.717) is 30.1 Å². The van der Waals surface area contributed by atoms with Crippen molar-refractivity contribution in [2.45, 2.75) is 19.5 Å². The minimum absolute atomic E-state index is 0.0263. The highest BCUT2D eigenvalue weighted by Gasteiger charge is 2.11. The molecule has 0 aliphatic carbocycles. The van der Waals surface area contributed by atoms with Crippen LogP contribution in [0, 0.1) is 0 Å². The molecule has 1 aromatic carbocycles. The fraction of sp³-hybridized carbons (Fsp3) is 0.429. The minimum Gasteiger partial charge on any atom is -0.407 e. The molecular weight excluding hydrogens is 292 g/mol. The first-order chi connectivity index (χ1) is 10.2. The lowest BCUT2D eigenvalue weighted by molar-refractivity contribution is 0.198. The zero-order valence-electron chi connectivity index (χ0n) is 12.1. The summed E-state index contributed by atoms with van der Waals surface area (Å²) >= 11 is 5.98. The number of hydrogen-bond donors (Lipinski definition) is 2. The number of methoxy groups -OCH3 is 1. The van der Waals surface area contributed by atoms with E-state index >= 15 is 0 Å². The van der Waals surface area contributed by atoms with Crippen molar-refractivity contribution < 1.29 is 9.15 Å². The summed E-state index contributed by atoms with van der Waals surface area (Å²) in [5.74, 6) is 0.534. The van der Waals surface area contributed by atoms with E-state index in [1.165, 1.54) is 0 Å². The molecule has 7 heteroatoms. The Morgan fingerprint density at radius 3 is 3.00 bits per heavy atom. The Balaban J connectivity index is 1.87. The van der Waals surface area contributed by atoms with Crippen LogP contribution in [0.15, 0.2) is 28.7 Å². The molecule has 0 spiro atoms. The van der Waals surface area contributed by atoms with Crippen molar-refractivity contribution in [1.82, 2.24) is 15.5 Å². The van der Waals surface area contributed by atoms with Gasteiger partial charge in [0.15, 0.2) is 0 Å². The van der Waals surface area contributed by atoms with E-state index in [2.05, 4.69) is 20.8 Å². The first-order valence-electron chi connectivity index (χ1n) is 6.73. The maximum atomic E-state index is 5.98. The molecule has 0 saturated heterocycles. The summed E-state index contributed by atoms with van der Waals surface area (Å²) in [5, 5.41) is 14.9. The second-order valence-electron chi connectivity index (χ2n) is 4.59. The van der Waals surface area contributed by atoms with Crippen molar-refractivity contribution in [2.75, 3.05) is 25.6 Å². The second-order valence-corrected chi connectivity index (χ2v) is 5.03. The molecule has 2 rings (SSSR count). The Labute approximate surface area is 128 Å². The molecule has 0 bridgehead atoms. The molecule has 0 amide bonds. The van der Waals surface area contributed by atoms with Gasteiger partial charge in [0, 0.05) is 18.7 Å². The van der Waals surface area contributed by atoms with Crippen molar-refractivity contribution in [3.8, 4) is 0 Å². The molecule has 1 heterocycles. The van der Waals surface area contributed by atoms with Crippen LogP contribution in [0.3, 0.4) is 0 Å². The zero-order chi connectivity index (χ0) is 15.1. The van der Waals surface area contributed by atoms with E-state index in [0.717, 1.165) is 12.1 Å². The molecule has 0 saturated carbocycles. The third kappa shape index (κ3) is 5.00. The van der Waals surface area contributed by atoms with Gasteiger partial charge in [0.1, 0.15) is 0 Å². The Morgan fingerprint density at radius 2 is 2.24 bits per heavy atom. The van der Waals surface area contributed by atoms with Crippen LogP contribution in [-0.4, -0.2) is 30.5 Å². The van der Waals surface area contributed by atoms with Crippen LogP contribution in [0.2, 0.25) is 5.02 Å². The highest BCUT2D eigenvalue weighted by atomic mass is 35.5. The smallest absolute Gasteiger partial charge is 0.315 e. The van der Waals surface area contributed by atoms with Crippen LogP contribution in [0.25, 0.3) is 0 Å². The van der Waals surface area contributed by atoms with E-state index in [1.54, 1.807) is 7.11 Å². The normalized spacial score (nSPS) is 12.3. The zero-order valence-corrected chi connectivity index (χ0v) is 12.9. The monoisotopic (exact) mass is 310 g/mol. The van der Waals surface area contributed by atoms with Gasteiger partial charge in [0.2, 0.25) is 5.89 Å². The second kappa shape index (κ2) is 7.97. The van der Waals surface area contributed by atoms with Crippen LogP contribution in [-0.2, 0) is 11.3 Å². The molecule has 0 aliphatic rings. The molecule has 21 heavy (non-hydrogen) atoms. The maximum Gasteiger partial charge on any atom is 0.315 e. The SMILES string of the molecule is COCCNCc1nnc(NC(C)c2cccc(Cl)c2)o1. The van der Waals surface area contributed by atoms with Gasteiger partial charge < -0.3 is 19.8 Å². The lowest BCUT2D eigenvalue weighted by atomic mass is 10.1. The largest absolute Gasteiger partial charge is 0.407 e. The summed E-state index contributed by atoms with van der Waals surface area (Å²) in [5.41, 5.74) is 1.06. The van der Waals surface area contributed by atoms with E-state index in [1.807, 2.05) is 31.2 Å². The molecular formula is C14H19ClN4O2. The molecule has 1 aromatic heterocycles. The molecule has 0 radical (unpaired) electrons. The quantitative estimate of drug-likeness (QED) is 0.730. The fourth-order valence-electron chi connectivity index (χ4n) is 1.80. The molecule has 0 fully saturated rings. The first kappa shape index (κ1) is 15.8. The predicted molar refractivity (Wildman–Crippen MR) is 81.4 cm³/mol. The summed E-state index contributed by atoms with van der Waals surface area (Å²) in [4.78, 5) is 0. The van der Waals surface area contributed by atoms with Gasteiger partial charge >= 0.3 is 6.01 Å². The summed E-state index contributed by atoms with van der Waals surface area (Å²) in [7, 11) is 1.66. The minimum atomic E-state index is 0.0263. The van der Waals surface area contributed by atoms with Crippen LogP contribution in [0.4, 0.5) is 6.01 Å². The Kier molecular flexibility index (Phi) is 5.98. The molecule has 6 nitrogen and oxygen atoms in total. The number of nitrogens with one attached hydrogen (secondary N) is 2. The average Bonchev–Trinajstić information content (AvgIpc) is 2.91. The van der Waals surface area contributed by atoms with E-state index in [9.17, 15) is 0 Å². The predicted octanol–water partition coefficient (Wildman–Crippen LogP) is 2.63. The number of rotatable bonds is 8. The van der Waals surface area contributed by atoms with Gasteiger partial charge in [0.25, 0.3) is 0 Å². The number of ether oxygens (including phenoxy) is 1. The van der Waals surface area contributed by atoms with Gasteiger partial charge in [-0.05, 0) is 24.6 Å². The summed E-state index contributed by atoms with van der Waals surface area (Å²) in [6.45, 7) is 3.90. The van der Waals surface area contributed by atoms with Gasteiger partial charge in [-0.15, -0.1) is 5.10 Å². The number of halogens is 1. The summed E-state index contributed by atoms with van der Waals surface area (Å²) in [6, 6.07) is 8.07. The number of aromatic nitrogens is 2. The third-order valence-electron chi connectivity index (χ3n) is 2.91. The van der Waals surface area contributed by atoms with Gasteiger partial charge in [-0.3, -0.25) is 0 Å². The highest BCUT2D eigenvalue weighted by Crippen LogP contribution is 2.21. The van der Waals surface area contributed by atoms with E-state index in [4.69, 9.17) is 20.8 Å². The van der Waals surface area contributed by atoms with Crippen molar-refractivity contribution in [1.29, 1.82) is 0 Å². The molecule has 2 aromatic rings. The lowest BCUT2D eigenvalue weighted by Gasteiger charge is -2.12. The Morgan fingerprint density at radius 1 is 1.38 bits per heavy atom. The van der Waals surface area contributed by atoms with Crippen molar-refractivity contribution in [3.63, 3.8) is 0 Å². The summed E-state index contributed by atoms with van der Waals surface area (Å²) < 4.78 is 10.5. The number of hydrogen-bond acceptors (Lipinski definition) is 6. The van der Waals surface area contributed by atoms with Gasteiger partial charge in [-0.1, -0.05) is 28.8 Å². The number of nitrogens with zero attached hydrogens (tertiary/aromatic N) is 2. The third-order valence-corrected chi connectivity index (χ3v) is 3.15. The maximum absolute atomic E-state index is 5.98. The Bertz CT molecular complexity index is 561. The molecule has 0 aliphatic heterocycles. The average molecular weight is 311 g/mol.